The number of hydrogen-bond acceptors (Lipinski definition) is 11. The van der Waals surface area contributed by atoms with Gasteiger partial charge in [-0.2, -0.15) is 4.98 Å². The quantitative estimate of drug-likeness (QED) is 0.0881. The van der Waals surface area contributed by atoms with Crippen molar-refractivity contribution in [3.63, 3.8) is 0 Å². The topological polar surface area (TPSA) is 199 Å². The van der Waals surface area contributed by atoms with E-state index in [-0.39, 0.29) is 5.82 Å². The Morgan fingerprint density at radius 2 is 2.15 bits per heavy atom. The van der Waals surface area contributed by atoms with Crippen LogP contribution in [0.15, 0.2) is 6.33 Å². The molecule has 1 aliphatic heterocycles. The second kappa shape index (κ2) is 11.9. The molecule has 1 unspecified atom stereocenters. The second-order valence-electron chi connectivity index (χ2n) is 7.15. The van der Waals surface area contributed by atoms with Crippen molar-refractivity contribution < 1.29 is 24.9 Å². The summed E-state index contributed by atoms with van der Waals surface area (Å²) >= 11 is -0.976. The van der Waals surface area contributed by atoms with Gasteiger partial charge in [0.05, 0.1) is 0 Å². The first-order valence-electron chi connectivity index (χ1n) is 10.2. The van der Waals surface area contributed by atoms with Crippen molar-refractivity contribution in [2.45, 2.75) is 37.4 Å². The average molecular weight is 595 g/mol. The molecule has 3 heterocycles. The number of nitrogen functional groups attached to an aromatic ring is 1. The van der Waals surface area contributed by atoms with Gasteiger partial charge in [0, 0.05) is 6.54 Å². The van der Waals surface area contributed by atoms with Crippen LogP contribution < -0.4 is 16.8 Å². The van der Waals surface area contributed by atoms with E-state index in [1.165, 1.54) is 22.7 Å². The number of hydrogen-bond donors (Lipinski definition) is 6. The Bertz CT molecular complexity index is 1000. The first-order valence-corrected chi connectivity index (χ1v) is 14.9. The van der Waals surface area contributed by atoms with Gasteiger partial charge in [-0.3, -0.25) is 0 Å². The summed E-state index contributed by atoms with van der Waals surface area (Å²) in [7, 11) is 0. The van der Waals surface area contributed by atoms with Crippen LogP contribution in [0.5, 0.6) is 0 Å². The monoisotopic (exact) mass is 595 g/mol. The van der Waals surface area contributed by atoms with Crippen LogP contribution in [-0.2, 0) is 4.74 Å². The summed E-state index contributed by atoms with van der Waals surface area (Å²) in [4.78, 5) is 23.9. The summed E-state index contributed by atoms with van der Waals surface area (Å²) in [6.07, 6.45) is -1.15. The normalized spacial score (nSPS) is 22.9. The number of aliphatic hydroxyl groups is 2. The fourth-order valence-corrected chi connectivity index (χ4v) is 7.33. The maximum atomic E-state index is 11.0. The van der Waals surface area contributed by atoms with Crippen LogP contribution in [0.1, 0.15) is 19.1 Å². The van der Waals surface area contributed by atoms with Crippen molar-refractivity contribution >= 4 is 58.8 Å². The van der Waals surface area contributed by atoms with Crippen LogP contribution >= 0.6 is 31.9 Å². The van der Waals surface area contributed by atoms with Crippen molar-refractivity contribution in [1.82, 2.24) is 19.5 Å². The van der Waals surface area contributed by atoms with Crippen molar-refractivity contribution in [2.75, 3.05) is 40.1 Å². The number of ether oxygens (including phenoxy) is 1. The molecule has 2 aromatic heterocycles. The predicted molar refractivity (Wildman–Crippen MR) is 135 cm³/mol. The summed E-state index contributed by atoms with van der Waals surface area (Å²) in [6, 6.07) is 0. The summed E-state index contributed by atoms with van der Waals surface area (Å²) < 4.78 is 10.5. The number of nitrogens with two attached hydrogens (primary N) is 2. The molecular formula is C18H28IN8O5S+. The molecule has 0 amide bonds. The van der Waals surface area contributed by atoms with Gasteiger partial charge >= 0.3 is 161 Å². The minimum atomic E-state index is -2.51. The number of alkyl halides is 1. The standard InChI is InChI=1S/C18H27IN8O5S/c1-22-19(17(30)31)4-8-33-7-3-10-12(28)13(29)16(32-10)27-9-24-11-14(21)25-18(26-15(11)27)23-6-2-5-20/h1,9-10,12-13,16,28-29H,2-8,20H2,(H3-,21,23,25,26,30,31)/p+1/t10-,12?,13-,16-/m1/s1. The molecule has 0 saturated carbocycles. The Balaban J connectivity index is 1.63. The number of nitrogens with one attached hydrogen (secondary N) is 1. The van der Waals surface area contributed by atoms with E-state index in [0.29, 0.717) is 52.6 Å². The van der Waals surface area contributed by atoms with Gasteiger partial charge in [0.2, 0.25) is 0 Å². The summed E-state index contributed by atoms with van der Waals surface area (Å²) in [6.45, 7) is 6.26. The van der Waals surface area contributed by atoms with Gasteiger partial charge in [-0.1, -0.05) is 0 Å². The number of rotatable bonds is 12. The Morgan fingerprint density at radius 1 is 1.36 bits per heavy atom. The molecule has 3 rings (SSSR count). The van der Waals surface area contributed by atoms with Gasteiger partial charge in [0.1, 0.15) is 0 Å². The molecule has 0 radical (unpaired) electrons. The molecule has 0 spiro atoms. The SMILES string of the molecule is C#[N+]I(CCSCC[C@H]1O[C@@H](n2cnc3c(N)nc(NCCCN)nc32)[C@H](O)C1O)C(=O)O. The number of thioether (sulfide) groups is 1. The third-order valence-electron chi connectivity index (χ3n) is 4.98. The summed E-state index contributed by atoms with van der Waals surface area (Å²) in [5, 5.41) is 33.2. The van der Waals surface area contributed by atoms with Crippen LogP contribution in [0.4, 0.5) is 16.6 Å². The van der Waals surface area contributed by atoms with Gasteiger partial charge < -0.3 is 16.8 Å². The zero-order valence-electron chi connectivity index (χ0n) is 17.7. The molecule has 15 heteroatoms. The number of carboxylic acid groups (broad SMARTS) is 1. The van der Waals surface area contributed by atoms with Gasteiger partial charge in [0.15, 0.2) is 0 Å². The molecule has 13 nitrogen and oxygen atoms in total. The Morgan fingerprint density at radius 3 is 2.85 bits per heavy atom. The Hall–Kier alpha value is -1.97. The van der Waals surface area contributed by atoms with Crippen molar-refractivity contribution in [3.8, 4) is 6.57 Å². The number of nitrogens with zero attached hydrogens (tertiary/aromatic N) is 5. The number of carbonyl (C=O) groups is 1. The first-order chi connectivity index (χ1) is 15.9. The number of fused-ring (bicyclic) bond motifs is 1. The summed E-state index contributed by atoms with van der Waals surface area (Å²) in [5.41, 5.74) is 12.3. The van der Waals surface area contributed by atoms with Crippen LogP contribution in [0.25, 0.3) is 14.2 Å². The maximum absolute atomic E-state index is 11.0. The Labute approximate surface area is 201 Å². The minimum absolute atomic E-state index is 0.183. The molecular weight excluding hydrogens is 567 g/mol. The molecule has 1 saturated heterocycles. The molecule has 1 fully saturated rings. The van der Waals surface area contributed by atoms with E-state index in [2.05, 4.69) is 23.3 Å². The van der Waals surface area contributed by atoms with E-state index >= 15 is 0 Å². The van der Waals surface area contributed by atoms with Crippen LogP contribution in [0, 0.1) is 6.57 Å². The number of aromatic nitrogens is 4. The third kappa shape index (κ3) is 6.13. The molecule has 2 aromatic rings. The fourth-order valence-electron chi connectivity index (χ4n) is 3.30. The fraction of sp³-hybridized carbons (Fsp3) is 0.611. The van der Waals surface area contributed by atoms with Crippen LogP contribution in [-0.4, -0.2) is 86.1 Å². The molecule has 33 heavy (non-hydrogen) atoms. The molecule has 0 aromatic carbocycles. The van der Waals surface area contributed by atoms with E-state index in [1.54, 1.807) is 0 Å². The zero-order chi connectivity index (χ0) is 24.0. The molecule has 1 aliphatic rings. The van der Waals surface area contributed by atoms with E-state index in [4.69, 9.17) is 27.9 Å². The first kappa shape index (κ1) is 25.6. The van der Waals surface area contributed by atoms with Crippen molar-refractivity contribution in [1.29, 1.82) is 0 Å². The number of anilines is 2. The average Bonchev–Trinajstić information content (AvgIpc) is 3.32. The van der Waals surface area contributed by atoms with Gasteiger partial charge in [-0.05, 0) is 13.0 Å². The number of imidazole rings is 1. The Kier molecular flexibility index (Phi) is 9.28. The van der Waals surface area contributed by atoms with Gasteiger partial charge in [-0.15, -0.1) is 0 Å². The van der Waals surface area contributed by atoms with Crippen molar-refractivity contribution in [2.24, 2.45) is 5.73 Å². The van der Waals surface area contributed by atoms with Crippen molar-refractivity contribution in [3.05, 3.63) is 9.39 Å². The van der Waals surface area contributed by atoms with Crippen LogP contribution in [0.2, 0.25) is 0 Å². The molecule has 0 bridgehead atoms. The summed E-state index contributed by atoms with van der Waals surface area (Å²) in [5.74, 6) is 1.71. The number of halogens is 1. The van der Waals surface area contributed by atoms with E-state index < -0.39 is 48.6 Å². The molecule has 4 atom stereocenters. The third-order valence-corrected chi connectivity index (χ3v) is 10.0. The van der Waals surface area contributed by atoms with E-state index in [1.807, 2.05) is 0 Å². The second-order valence-corrected chi connectivity index (χ2v) is 12.9. The number of aliphatic hydroxyl groups excluding tert-OH is 2. The molecule has 8 N–H and O–H groups in total. The van der Waals surface area contributed by atoms with Gasteiger partial charge in [-0.25, -0.2) is 0 Å². The molecule has 0 aliphatic carbocycles. The molecule has 182 valence electrons. The van der Waals surface area contributed by atoms with Crippen LogP contribution in [0.3, 0.4) is 0 Å². The van der Waals surface area contributed by atoms with Gasteiger partial charge in [0.25, 0.3) is 0 Å². The zero-order valence-corrected chi connectivity index (χ0v) is 20.7. The van der Waals surface area contributed by atoms with E-state index in [0.717, 1.165) is 6.42 Å². The van der Waals surface area contributed by atoms with E-state index in [9.17, 15) is 15.0 Å². The predicted octanol–water partition coefficient (Wildman–Crippen LogP) is 0.974.